The Morgan fingerprint density at radius 3 is 2.70 bits per heavy atom. The van der Waals surface area contributed by atoms with Crippen molar-refractivity contribution in [1.82, 2.24) is 15.6 Å². The van der Waals surface area contributed by atoms with Gasteiger partial charge in [-0.2, -0.15) is 0 Å². The lowest BCUT2D eigenvalue weighted by molar-refractivity contribution is 0.250. The van der Waals surface area contributed by atoms with Crippen molar-refractivity contribution in [2.24, 2.45) is 16.8 Å². The topological polar surface area (TPSA) is 49.3 Å². The molecule has 2 N–H and O–H groups in total. The average Bonchev–Trinajstić information content (AvgIpc) is 2.56. The molecule has 0 saturated heterocycles. The quantitative estimate of drug-likeness (QED) is 0.625. The molecule has 1 fully saturated rings. The molecule has 4 heteroatoms. The first kappa shape index (κ1) is 17.8. The molecule has 23 heavy (non-hydrogen) atoms. The fraction of sp³-hybridized carbons (Fsp3) is 0.684. The number of aliphatic imine (C=N–C) groups is 1. The second-order valence-corrected chi connectivity index (χ2v) is 6.87. The third-order valence-electron chi connectivity index (χ3n) is 4.79. The van der Waals surface area contributed by atoms with Crippen LogP contribution in [0.4, 0.5) is 0 Å². The van der Waals surface area contributed by atoms with Crippen LogP contribution in [0, 0.1) is 11.8 Å². The summed E-state index contributed by atoms with van der Waals surface area (Å²) in [5.74, 6) is 2.68. The van der Waals surface area contributed by atoms with Crippen LogP contribution in [0.25, 0.3) is 0 Å². The SMILES string of the molecule is CCNC(=NCCc1cccnc1)NC1CCC(C(C)C)CC1. The minimum atomic E-state index is 0.571. The van der Waals surface area contributed by atoms with Crippen molar-refractivity contribution in [3.8, 4) is 0 Å². The summed E-state index contributed by atoms with van der Waals surface area (Å²) in [6.07, 6.45) is 9.86. The van der Waals surface area contributed by atoms with E-state index in [1.165, 1.54) is 31.2 Å². The number of nitrogens with one attached hydrogen (secondary N) is 2. The molecule has 0 spiro atoms. The highest BCUT2D eigenvalue weighted by Gasteiger charge is 2.23. The molecule has 2 rings (SSSR count). The average molecular weight is 316 g/mol. The maximum Gasteiger partial charge on any atom is 0.191 e. The first-order valence-corrected chi connectivity index (χ1v) is 9.12. The van der Waals surface area contributed by atoms with Crippen LogP contribution < -0.4 is 10.6 Å². The lowest BCUT2D eigenvalue weighted by Gasteiger charge is -2.32. The van der Waals surface area contributed by atoms with Crippen LogP contribution in [0.3, 0.4) is 0 Å². The van der Waals surface area contributed by atoms with Crippen molar-refractivity contribution in [2.75, 3.05) is 13.1 Å². The molecule has 1 aliphatic rings. The largest absolute Gasteiger partial charge is 0.357 e. The van der Waals surface area contributed by atoms with E-state index in [2.05, 4.69) is 42.5 Å². The Morgan fingerprint density at radius 1 is 1.30 bits per heavy atom. The lowest BCUT2D eigenvalue weighted by atomic mass is 9.80. The van der Waals surface area contributed by atoms with Gasteiger partial charge in [0, 0.05) is 31.5 Å². The molecule has 0 aliphatic heterocycles. The van der Waals surface area contributed by atoms with Gasteiger partial charge in [0.1, 0.15) is 0 Å². The molecule has 0 radical (unpaired) electrons. The highest BCUT2D eigenvalue weighted by atomic mass is 15.2. The molecule has 1 aliphatic carbocycles. The van der Waals surface area contributed by atoms with Crippen molar-refractivity contribution in [2.45, 2.75) is 58.9 Å². The zero-order valence-electron chi connectivity index (χ0n) is 14.9. The van der Waals surface area contributed by atoms with Crippen LogP contribution in [0.1, 0.15) is 52.0 Å². The minimum Gasteiger partial charge on any atom is -0.357 e. The van der Waals surface area contributed by atoms with Crippen LogP contribution in [0.2, 0.25) is 0 Å². The molecule has 1 saturated carbocycles. The number of aromatic nitrogens is 1. The molecular formula is C19H32N4. The molecule has 0 bridgehead atoms. The molecular weight excluding hydrogens is 284 g/mol. The Kier molecular flexibility index (Phi) is 7.37. The summed E-state index contributed by atoms with van der Waals surface area (Å²) in [7, 11) is 0. The van der Waals surface area contributed by atoms with E-state index in [9.17, 15) is 0 Å². The molecule has 1 aromatic heterocycles. The minimum absolute atomic E-state index is 0.571. The van der Waals surface area contributed by atoms with Crippen molar-refractivity contribution >= 4 is 5.96 Å². The standard InChI is InChI=1S/C19H32N4/c1-4-21-19(22-13-11-16-6-5-12-20-14-16)23-18-9-7-17(8-10-18)15(2)3/h5-6,12,14-15,17-18H,4,7-11,13H2,1-3H3,(H2,21,22,23). The van der Waals surface area contributed by atoms with Crippen molar-refractivity contribution in [1.29, 1.82) is 0 Å². The summed E-state index contributed by atoms with van der Waals surface area (Å²) in [5.41, 5.74) is 1.24. The fourth-order valence-corrected chi connectivity index (χ4v) is 3.29. The number of guanidine groups is 1. The molecule has 1 heterocycles. The number of nitrogens with zero attached hydrogens (tertiary/aromatic N) is 2. The fourth-order valence-electron chi connectivity index (χ4n) is 3.29. The van der Waals surface area contributed by atoms with Gasteiger partial charge in [0.15, 0.2) is 5.96 Å². The molecule has 0 aromatic carbocycles. The molecule has 0 atom stereocenters. The second kappa shape index (κ2) is 9.53. The van der Waals surface area contributed by atoms with E-state index in [4.69, 9.17) is 4.99 Å². The van der Waals surface area contributed by atoms with Gasteiger partial charge in [-0.3, -0.25) is 9.98 Å². The Labute approximate surface area is 141 Å². The lowest BCUT2D eigenvalue weighted by Crippen LogP contribution is -2.45. The normalized spacial score (nSPS) is 22.2. The van der Waals surface area contributed by atoms with Crippen LogP contribution in [-0.2, 0) is 6.42 Å². The first-order valence-electron chi connectivity index (χ1n) is 9.12. The van der Waals surface area contributed by atoms with Gasteiger partial charge in [-0.15, -0.1) is 0 Å². The Balaban J connectivity index is 1.80. The van der Waals surface area contributed by atoms with E-state index in [1.54, 1.807) is 0 Å². The Bertz CT molecular complexity index is 462. The van der Waals surface area contributed by atoms with E-state index >= 15 is 0 Å². The summed E-state index contributed by atoms with van der Waals surface area (Å²) in [6, 6.07) is 4.66. The van der Waals surface area contributed by atoms with Gasteiger partial charge in [-0.25, -0.2) is 0 Å². The monoisotopic (exact) mass is 316 g/mol. The van der Waals surface area contributed by atoms with E-state index < -0.39 is 0 Å². The van der Waals surface area contributed by atoms with Gasteiger partial charge in [0.2, 0.25) is 0 Å². The number of hydrogen-bond acceptors (Lipinski definition) is 2. The maximum atomic E-state index is 4.72. The predicted molar refractivity (Wildman–Crippen MR) is 97.6 cm³/mol. The number of hydrogen-bond donors (Lipinski definition) is 2. The molecule has 1 aromatic rings. The predicted octanol–water partition coefficient (Wildman–Crippen LogP) is 3.39. The van der Waals surface area contributed by atoms with Gasteiger partial charge in [0.05, 0.1) is 0 Å². The number of rotatable bonds is 6. The third-order valence-corrected chi connectivity index (χ3v) is 4.79. The summed E-state index contributed by atoms with van der Waals surface area (Å²) >= 11 is 0. The van der Waals surface area contributed by atoms with Crippen LogP contribution in [0.5, 0.6) is 0 Å². The third kappa shape index (κ3) is 6.20. The van der Waals surface area contributed by atoms with Crippen LogP contribution >= 0.6 is 0 Å². The van der Waals surface area contributed by atoms with Gasteiger partial charge in [-0.05, 0) is 62.5 Å². The second-order valence-electron chi connectivity index (χ2n) is 6.87. The van der Waals surface area contributed by atoms with E-state index in [1.807, 2.05) is 18.5 Å². The summed E-state index contributed by atoms with van der Waals surface area (Å²) in [5, 5.41) is 7.00. The molecule has 0 unspecified atom stereocenters. The molecule has 128 valence electrons. The maximum absolute atomic E-state index is 4.72. The van der Waals surface area contributed by atoms with E-state index in [0.717, 1.165) is 37.3 Å². The summed E-state index contributed by atoms with van der Waals surface area (Å²) in [6.45, 7) is 8.52. The smallest absolute Gasteiger partial charge is 0.191 e. The van der Waals surface area contributed by atoms with E-state index in [-0.39, 0.29) is 0 Å². The molecule has 4 nitrogen and oxygen atoms in total. The Hall–Kier alpha value is -1.58. The first-order chi connectivity index (χ1) is 11.2. The van der Waals surface area contributed by atoms with Gasteiger partial charge in [0.25, 0.3) is 0 Å². The van der Waals surface area contributed by atoms with Crippen molar-refractivity contribution < 1.29 is 0 Å². The van der Waals surface area contributed by atoms with Crippen LogP contribution in [-0.4, -0.2) is 30.1 Å². The van der Waals surface area contributed by atoms with Gasteiger partial charge < -0.3 is 10.6 Å². The van der Waals surface area contributed by atoms with E-state index in [0.29, 0.717) is 6.04 Å². The van der Waals surface area contributed by atoms with Gasteiger partial charge >= 0.3 is 0 Å². The van der Waals surface area contributed by atoms with Crippen molar-refractivity contribution in [3.05, 3.63) is 30.1 Å². The van der Waals surface area contributed by atoms with Crippen molar-refractivity contribution in [3.63, 3.8) is 0 Å². The summed E-state index contributed by atoms with van der Waals surface area (Å²) in [4.78, 5) is 8.88. The van der Waals surface area contributed by atoms with Gasteiger partial charge in [-0.1, -0.05) is 19.9 Å². The zero-order valence-corrected chi connectivity index (χ0v) is 14.9. The zero-order chi connectivity index (χ0) is 16.5. The summed E-state index contributed by atoms with van der Waals surface area (Å²) < 4.78 is 0. The number of pyridine rings is 1. The molecule has 0 amide bonds. The highest BCUT2D eigenvalue weighted by Crippen LogP contribution is 2.29. The van der Waals surface area contributed by atoms with Crippen LogP contribution in [0.15, 0.2) is 29.5 Å². The Morgan fingerprint density at radius 2 is 2.09 bits per heavy atom. The highest BCUT2D eigenvalue weighted by molar-refractivity contribution is 5.80.